The van der Waals surface area contributed by atoms with Crippen LogP contribution in [0.3, 0.4) is 0 Å². The van der Waals surface area contributed by atoms with E-state index < -0.39 is 0 Å². The van der Waals surface area contributed by atoms with E-state index in [0.29, 0.717) is 5.57 Å². The summed E-state index contributed by atoms with van der Waals surface area (Å²) in [5.74, 6) is 0.666. The van der Waals surface area contributed by atoms with E-state index in [4.69, 9.17) is 4.74 Å². The number of carbonyl (C=O) groups is 1. The van der Waals surface area contributed by atoms with Crippen molar-refractivity contribution in [3.8, 4) is 5.75 Å². The van der Waals surface area contributed by atoms with Gasteiger partial charge in [0.25, 0.3) is 5.91 Å². The van der Waals surface area contributed by atoms with Gasteiger partial charge in [-0.1, -0.05) is 24.3 Å². The summed E-state index contributed by atoms with van der Waals surface area (Å²) in [6.07, 6.45) is 1.87. The Hall–Kier alpha value is -2.07. The van der Waals surface area contributed by atoms with E-state index in [9.17, 15) is 4.79 Å². The monoisotopic (exact) mass is 343 g/mol. The Kier molecular flexibility index (Phi) is 3.80. The molecule has 0 aliphatic carbocycles. The molecule has 0 fully saturated rings. The maximum Gasteiger partial charge on any atom is 0.255 e. The molecule has 0 atom stereocenters. The highest BCUT2D eigenvalue weighted by molar-refractivity contribution is 9.10. The van der Waals surface area contributed by atoms with Gasteiger partial charge in [-0.2, -0.15) is 0 Å². The molecule has 0 radical (unpaired) electrons. The topological polar surface area (TPSA) is 38.3 Å². The lowest BCUT2D eigenvalue weighted by Crippen LogP contribution is -2.21. The maximum atomic E-state index is 12.3. The first-order valence-corrected chi connectivity index (χ1v) is 7.43. The van der Waals surface area contributed by atoms with Crippen LogP contribution in [0.2, 0.25) is 0 Å². The van der Waals surface area contributed by atoms with Crippen molar-refractivity contribution in [2.75, 3.05) is 11.9 Å². The van der Waals surface area contributed by atoms with E-state index in [1.54, 1.807) is 0 Å². The summed E-state index contributed by atoms with van der Waals surface area (Å²) in [7, 11) is 0. The standard InChI is InChI=1S/C17H14BrNO2/c1-11-6-7-15(14(18)8-11)19-17(20)13-9-12-4-2-3-5-16(12)21-10-13/h2-9H,10H2,1H3,(H,19,20). The smallest absolute Gasteiger partial charge is 0.255 e. The van der Waals surface area contributed by atoms with E-state index in [2.05, 4.69) is 21.2 Å². The van der Waals surface area contributed by atoms with Gasteiger partial charge in [0.1, 0.15) is 12.4 Å². The molecule has 1 amide bonds. The number of hydrogen-bond donors (Lipinski definition) is 1. The number of halogens is 1. The molecule has 4 heteroatoms. The number of nitrogens with one attached hydrogen (secondary N) is 1. The Morgan fingerprint density at radius 2 is 2.05 bits per heavy atom. The van der Waals surface area contributed by atoms with Crippen LogP contribution in [0.25, 0.3) is 6.08 Å². The first-order valence-electron chi connectivity index (χ1n) is 6.63. The maximum absolute atomic E-state index is 12.3. The van der Waals surface area contributed by atoms with E-state index >= 15 is 0 Å². The predicted octanol–water partition coefficient (Wildman–Crippen LogP) is 4.17. The predicted molar refractivity (Wildman–Crippen MR) is 87.4 cm³/mol. The third-order valence-electron chi connectivity index (χ3n) is 3.30. The second kappa shape index (κ2) is 5.74. The average Bonchev–Trinajstić information content (AvgIpc) is 2.49. The first-order chi connectivity index (χ1) is 10.1. The summed E-state index contributed by atoms with van der Waals surface area (Å²) in [6, 6.07) is 13.5. The van der Waals surface area contributed by atoms with Crippen molar-refractivity contribution >= 4 is 33.6 Å². The summed E-state index contributed by atoms with van der Waals surface area (Å²) in [6.45, 7) is 2.29. The van der Waals surface area contributed by atoms with Gasteiger partial charge in [-0.25, -0.2) is 0 Å². The Balaban J connectivity index is 1.82. The van der Waals surface area contributed by atoms with Gasteiger partial charge in [-0.05, 0) is 52.7 Å². The molecule has 1 aliphatic rings. The van der Waals surface area contributed by atoms with Crippen LogP contribution in [0.15, 0.2) is 52.5 Å². The number of carbonyl (C=O) groups excluding carboxylic acids is 1. The van der Waals surface area contributed by atoms with Crippen molar-refractivity contribution in [2.24, 2.45) is 0 Å². The zero-order valence-corrected chi connectivity index (χ0v) is 13.1. The van der Waals surface area contributed by atoms with Crippen molar-refractivity contribution in [3.05, 3.63) is 63.6 Å². The molecule has 3 rings (SSSR count). The van der Waals surface area contributed by atoms with Crippen molar-refractivity contribution in [3.63, 3.8) is 0 Å². The van der Waals surface area contributed by atoms with Gasteiger partial charge >= 0.3 is 0 Å². The highest BCUT2D eigenvalue weighted by Gasteiger charge is 2.17. The number of amides is 1. The Bertz CT molecular complexity index is 737. The molecule has 0 unspecified atom stereocenters. The molecule has 2 aromatic rings. The van der Waals surface area contributed by atoms with Crippen LogP contribution >= 0.6 is 15.9 Å². The largest absolute Gasteiger partial charge is 0.488 e. The van der Waals surface area contributed by atoms with Gasteiger partial charge in [0.2, 0.25) is 0 Å². The van der Waals surface area contributed by atoms with Crippen molar-refractivity contribution in [1.82, 2.24) is 0 Å². The van der Waals surface area contributed by atoms with Crippen LogP contribution in [-0.2, 0) is 4.79 Å². The minimum atomic E-state index is -0.144. The summed E-state index contributed by atoms with van der Waals surface area (Å²) < 4.78 is 6.47. The highest BCUT2D eigenvalue weighted by atomic mass is 79.9. The van der Waals surface area contributed by atoms with Gasteiger partial charge in [-0.15, -0.1) is 0 Å². The summed E-state index contributed by atoms with van der Waals surface area (Å²) >= 11 is 3.46. The minimum Gasteiger partial charge on any atom is -0.488 e. The van der Waals surface area contributed by atoms with Crippen LogP contribution in [0, 0.1) is 6.92 Å². The molecule has 0 aromatic heterocycles. The van der Waals surface area contributed by atoms with Gasteiger partial charge in [0.05, 0.1) is 11.3 Å². The number of aryl methyl sites for hydroxylation is 1. The molecule has 0 saturated carbocycles. The van der Waals surface area contributed by atoms with Crippen molar-refractivity contribution < 1.29 is 9.53 Å². The summed E-state index contributed by atoms with van der Waals surface area (Å²) in [5.41, 5.74) is 3.43. The molecule has 1 N–H and O–H groups in total. The number of rotatable bonds is 2. The fourth-order valence-electron chi connectivity index (χ4n) is 2.17. The number of benzene rings is 2. The van der Waals surface area contributed by atoms with Crippen LogP contribution in [0.5, 0.6) is 5.75 Å². The molecule has 0 saturated heterocycles. The minimum absolute atomic E-state index is 0.144. The van der Waals surface area contributed by atoms with Gasteiger partial charge in [0, 0.05) is 10.0 Å². The van der Waals surface area contributed by atoms with Crippen molar-refractivity contribution in [1.29, 1.82) is 0 Å². The zero-order valence-electron chi connectivity index (χ0n) is 11.5. The average molecular weight is 344 g/mol. The third-order valence-corrected chi connectivity index (χ3v) is 3.95. The van der Waals surface area contributed by atoms with E-state index in [1.165, 1.54) is 0 Å². The Morgan fingerprint density at radius 1 is 1.24 bits per heavy atom. The van der Waals surface area contributed by atoms with Crippen LogP contribution in [0.4, 0.5) is 5.69 Å². The van der Waals surface area contributed by atoms with E-state index in [0.717, 1.165) is 27.0 Å². The first kappa shape index (κ1) is 13.9. The molecule has 1 aliphatic heterocycles. The number of hydrogen-bond acceptors (Lipinski definition) is 2. The summed E-state index contributed by atoms with van der Waals surface area (Å²) in [5, 5.41) is 2.90. The molecule has 1 heterocycles. The molecule has 3 nitrogen and oxygen atoms in total. The highest BCUT2D eigenvalue weighted by Crippen LogP contribution is 2.27. The van der Waals surface area contributed by atoms with E-state index in [-0.39, 0.29) is 12.5 Å². The van der Waals surface area contributed by atoms with Crippen LogP contribution in [0.1, 0.15) is 11.1 Å². The Morgan fingerprint density at radius 3 is 2.86 bits per heavy atom. The van der Waals surface area contributed by atoms with Crippen molar-refractivity contribution in [2.45, 2.75) is 6.92 Å². The SMILES string of the molecule is Cc1ccc(NC(=O)C2=Cc3ccccc3OC2)c(Br)c1. The molecule has 2 aromatic carbocycles. The van der Waals surface area contributed by atoms with Gasteiger partial charge < -0.3 is 10.1 Å². The quantitative estimate of drug-likeness (QED) is 0.888. The lowest BCUT2D eigenvalue weighted by molar-refractivity contribution is -0.113. The molecular formula is C17H14BrNO2. The molecule has 21 heavy (non-hydrogen) atoms. The summed E-state index contributed by atoms with van der Waals surface area (Å²) in [4.78, 5) is 12.3. The Labute approximate surface area is 131 Å². The van der Waals surface area contributed by atoms with E-state index in [1.807, 2.05) is 55.5 Å². The molecule has 0 spiro atoms. The van der Waals surface area contributed by atoms with Crippen LogP contribution in [-0.4, -0.2) is 12.5 Å². The van der Waals surface area contributed by atoms with Crippen LogP contribution < -0.4 is 10.1 Å². The number of para-hydroxylation sites is 1. The van der Waals surface area contributed by atoms with Gasteiger partial charge in [-0.3, -0.25) is 4.79 Å². The second-order valence-electron chi connectivity index (χ2n) is 4.93. The van der Waals surface area contributed by atoms with Gasteiger partial charge in [0.15, 0.2) is 0 Å². The molecule has 106 valence electrons. The molecular weight excluding hydrogens is 330 g/mol. The fourth-order valence-corrected chi connectivity index (χ4v) is 2.76. The third kappa shape index (κ3) is 3.00. The fraction of sp³-hybridized carbons (Fsp3) is 0.118. The number of anilines is 1. The molecule has 0 bridgehead atoms. The lowest BCUT2D eigenvalue weighted by atomic mass is 10.1. The second-order valence-corrected chi connectivity index (χ2v) is 5.79. The normalized spacial score (nSPS) is 13.0. The number of ether oxygens (including phenoxy) is 1. The number of fused-ring (bicyclic) bond motifs is 1. The lowest BCUT2D eigenvalue weighted by Gasteiger charge is -2.17. The zero-order chi connectivity index (χ0) is 14.8.